The molecule has 1 aliphatic heterocycles. The number of ether oxygens (including phenoxy) is 2. The zero-order valence-corrected chi connectivity index (χ0v) is 24.1. The van der Waals surface area contributed by atoms with Crippen molar-refractivity contribution in [1.29, 1.82) is 0 Å². The minimum absolute atomic E-state index is 0.0500. The molecule has 2 aromatic rings. The highest BCUT2D eigenvalue weighted by Crippen LogP contribution is 2.36. The lowest BCUT2D eigenvalue weighted by atomic mass is 9.84. The van der Waals surface area contributed by atoms with E-state index in [1.807, 2.05) is 6.07 Å². The van der Waals surface area contributed by atoms with Crippen molar-refractivity contribution < 1.29 is 9.47 Å². The van der Waals surface area contributed by atoms with Crippen LogP contribution < -0.4 is 26.4 Å². The molecule has 1 heterocycles. The number of nitrogens with zero attached hydrogens (tertiary/aromatic N) is 1. The van der Waals surface area contributed by atoms with Gasteiger partial charge in [0, 0.05) is 51.9 Å². The smallest absolute Gasteiger partial charge is 0.253 e. The van der Waals surface area contributed by atoms with E-state index < -0.39 is 0 Å². The Hall–Kier alpha value is -2.22. The minimum atomic E-state index is -0.355. The SMILES string of the molecule is CCCNC[C@H](CC1CCCCC1)Nc1c(N2CCCC([C@@H](OCCCOC)c3ccccc3)C2)c(=O)c1=O. The Labute approximate surface area is 234 Å². The number of methoxy groups -OCH3 is 1. The largest absolute Gasteiger partial charge is 0.385 e. The Bertz CT molecular complexity index is 1050. The van der Waals surface area contributed by atoms with Crippen LogP contribution in [0.3, 0.4) is 0 Å². The standard InChI is InChI=1S/C32H49N3O4/c1-3-17-33-22-27(21-24-12-6-4-7-13-24)34-28-29(31(37)30(28)36)35-18-10-16-26(23-35)32(39-20-11-19-38-2)25-14-8-5-9-15-25/h5,8-9,14-15,24,26-27,32-34H,3-4,6-7,10-13,16-23H2,1-2H3/t26?,27-,32-/m0/s1. The third-order valence-electron chi connectivity index (χ3n) is 8.51. The first-order valence-corrected chi connectivity index (χ1v) is 15.3. The lowest BCUT2D eigenvalue weighted by Gasteiger charge is -2.39. The molecule has 2 N–H and O–H groups in total. The Morgan fingerprint density at radius 3 is 2.54 bits per heavy atom. The van der Waals surface area contributed by atoms with Gasteiger partial charge in [0.05, 0.1) is 6.10 Å². The van der Waals surface area contributed by atoms with E-state index in [1.54, 1.807) is 7.11 Å². The number of hydrogen-bond acceptors (Lipinski definition) is 7. The molecule has 7 nitrogen and oxygen atoms in total. The lowest BCUT2D eigenvalue weighted by Crippen LogP contribution is -2.49. The van der Waals surface area contributed by atoms with Crippen molar-refractivity contribution in [2.75, 3.05) is 56.7 Å². The van der Waals surface area contributed by atoms with Gasteiger partial charge in [-0.3, -0.25) is 9.59 Å². The van der Waals surface area contributed by atoms with Gasteiger partial charge in [0.2, 0.25) is 0 Å². The van der Waals surface area contributed by atoms with Crippen LogP contribution in [-0.4, -0.2) is 52.5 Å². The van der Waals surface area contributed by atoms with E-state index >= 15 is 0 Å². The Kier molecular flexibility index (Phi) is 11.9. The second-order valence-corrected chi connectivity index (χ2v) is 11.6. The van der Waals surface area contributed by atoms with E-state index in [2.05, 4.69) is 46.7 Å². The van der Waals surface area contributed by atoms with Gasteiger partial charge in [-0.25, -0.2) is 0 Å². The van der Waals surface area contributed by atoms with E-state index in [4.69, 9.17) is 9.47 Å². The van der Waals surface area contributed by atoms with Crippen LogP contribution in [0.15, 0.2) is 39.9 Å². The van der Waals surface area contributed by atoms with Gasteiger partial charge in [0.25, 0.3) is 10.9 Å². The molecule has 1 unspecified atom stereocenters. The van der Waals surface area contributed by atoms with Crippen LogP contribution in [0.4, 0.5) is 11.4 Å². The van der Waals surface area contributed by atoms with Crippen molar-refractivity contribution in [3.8, 4) is 0 Å². The molecule has 1 saturated heterocycles. The van der Waals surface area contributed by atoms with E-state index in [1.165, 1.54) is 37.7 Å². The van der Waals surface area contributed by atoms with E-state index in [0.29, 0.717) is 37.1 Å². The maximum Gasteiger partial charge on any atom is 0.253 e. The number of piperidine rings is 1. The van der Waals surface area contributed by atoms with E-state index in [9.17, 15) is 9.59 Å². The molecular formula is C32H49N3O4. The summed E-state index contributed by atoms with van der Waals surface area (Å²) in [6.07, 6.45) is 11.4. The second kappa shape index (κ2) is 15.5. The summed E-state index contributed by atoms with van der Waals surface area (Å²) in [5.41, 5.74) is 1.61. The Morgan fingerprint density at radius 2 is 1.79 bits per heavy atom. The summed E-state index contributed by atoms with van der Waals surface area (Å²) in [4.78, 5) is 28.0. The summed E-state index contributed by atoms with van der Waals surface area (Å²) >= 11 is 0. The fraction of sp³-hybridized carbons (Fsp3) is 0.688. The molecule has 7 heteroatoms. The van der Waals surface area contributed by atoms with Crippen LogP contribution in [0.2, 0.25) is 0 Å². The summed E-state index contributed by atoms with van der Waals surface area (Å²) in [7, 11) is 1.71. The monoisotopic (exact) mass is 539 g/mol. The van der Waals surface area contributed by atoms with Gasteiger partial charge in [-0.15, -0.1) is 0 Å². The fourth-order valence-electron chi connectivity index (χ4n) is 6.51. The molecule has 0 radical (unpaired) electrons. The van der Waals surface area contributed by atoms with E-state index in [0.717, 1.165) is 51.7 Å². The number of rotatable bonds is 16. The van der Waals surface area contributed by atoms with Gasteiger partial charge in [-0.2, -0.15) is 0 Å². The first kappa shape index (κ1) is 29.8. The van der Waals surface area contributed by atoms with Crippen molar-refractivity contribution in [2.24, 2.45) is 11.8 Å². The molecule has 0 bridgehead atoms. The third kappa shape index (κ3) is 8.15. The molecule has 2 aliphatic rings. The molecule has 2 aromatic carbocycles. The molecule has 4 rings (SSSR count). The highest BCUT2D eigenvalue weighted by atomic mass is 16.5. The summed E-state index contributed by atoms with van der Waals surface area (Å²) in [5.74, 6) is 0.932. The zero-order chi connectivity index (χ0) is 27.5. The second-order valence-electron chi connectivity index (χ2n) is 11.6. The minimum Gasteiger partial charge on any atom is -0.385 e. The summed E-state index contributed by atoms with van der Waals surface area (Å²) < 4.78 is 11.6. The predicted molar refractivity (Wildman–Crippen MR) is 160 cm³/mol. The lowest BCUT2D eigenvalue weighted by molar-refractivity contribution is -0.00235. The Balaban J connectivity index is 1.47. The van der Waals surface area contributed by atoms with Gasteiger partial charge in [-0.1, -0.05) is 69.4 Å². The Morgan fingerprint density at radius 1 is 1.00 bits per heavy atom. The maximum atomic E-state index is 12.9. The molecule has 3 atom stereocenters. The molecule has 0 amide bonds. The molecule has 216 valence electrons. The molecular weight excluding hydrogens is 490 g/mol. The van der Waals surface area contributed by atoms with Gasteiger partial charge in [0.15, 0.2) is 0 Å². The molecule has 0 spiro atoms. The topological polar surface area (TPSA) is 79.9 Å². The first-order chi connectivity index (χ1) is 19.1. The molecule has 0 aromatic heterocycles. The zero-order valence-electron chi connectivity index (χ0n) is 24.1. The first-order valence-electron chi connectivity index (χ1n) is 15.3. The maximum absolute atomic E-state index is 12.9. The van der Waals surface area contributed by atoms with Crippen LogP contribution in [-0.2, 0) is 9.47 Å². The summed E-state index contributed by atoms with van der Waals surface area (Å²) in [5, 5.41) is 7.12. The fourth-order valence-corrected chi connectivity index (χ4v) is 6.51. The number of anilines is 2. The average molecular weight is 540 g/mol. The highest BCUT2D eigenvalue weighted by molar-refractivity contribution is 5.75. The average Bonchev–Trinajstić information content (AvgIpc) is 2.98. The van der Waals surface area contributed by atoms with Crippen LogP contribution in [0.5, 0.6) is 0 Å². The quantitative estimate of drug-likeness (QED) is 0.228. The number of benzene rings is 1. The third-order valence-corrected chi connectivity index (χ3v) is 8.51. The predicted octanol–water partition coefficient (Wildman–Crippen LogP) is 5.04. The van der Waals surface area contributed by atoms with Crippen molar-refractivity contribution >= 4 is 11.4 Å². The van der Waals surface area contributed by atoms with Crippen molar-refractivity contribution in [2.45, 2.75) is 83.3 Å². The van der Waals surface area contributed by atoms with Gasteiger partial charge >= 0.3 is 0 Å². The van der Waals surface area contributed by atoms with E-state index in [-0.39, 0.29) is 28.9 Å². The highest BCUT2D eigenvalue weighted by Gasteiger charge is 2.34. The van der Waals surface area contributed by atoms with Crippen LogP contribution >= 0.6 is 0 Å². The van der Waals surface area contributed by atoms with Crippen LogP contribution in [0.1, 0.15) is 82.8 Å². The van der Waals surface area contributed by atoms with Crippen LogP contribution in [0.25, 0.3) is 0 Å². The normalized spacial score (nSPS) is 20.3. The molecule has 39 heavy (non-hydrogen) atoms. The molecule has 2 fully saturated rings. The van der Waals surface area contributed by atoms with Gasteiger partial charge in [-0.05, 0) is 50.1 Å². The summed E-state index contributed by atoms with van der Waals surface area (Å²) in [6.45, 7) is 6.75. The van der Waals surface area contributed by atoms with Crippen molar-refractivity contribution in [1.82, 2.24) is 5.32 Å². The summed E-state index contributed by atoms with van der Waals surface area (Å²) in [6, 6.07) is 10.5. The van der Waals surface area contributed by atoms with Crippen molar-refractivity contribution in [3.05, 3.63) is 56.3 Å². The molecule has 1 aliphatic carbocycles. The van der Waals surface area contributed by atoms with Gasteiger partial charge in [0.1, 0.15) is 11.4 Å². The number of hydrogen-bond donors (Lipinski definition) is 2. The van der Waals surface area contributed by atoms with Gasteiger partial charge < -0.3 is 25.0 Å². The van der Waals surface area contributed by atoms with Crippen LogP contribution in [0, 0.1) is 11.8 Å². The molecule has 1 saturated carbocycles. The number of nitrogens with one attached hydrogen (secondary N) is 2. The van der Waals surface area contributed by atoms with Crippen molar-refractivity contribution in [3.63, 3.8) is 0 Å².